The highest BCUT2D eigenvalue weighted by Crippen LogP contribution is 2.33. The number of halogens is 2. The van der Waals surface area contributed by atoms with E-state index in [1.165, 1.54) is 16.7 Å². The number of carbonyl (C=O) groups excluding carboxylic acids is 1. The maximum atomic E-state index is 13.6. The highest BCUT2D eigenvalue weighted by Gasteiger charge is 2.35. The summed E-state index contributed by atoms with van der Waals surface area (Å²) in [6.07, 6.45) is 0.769. The minimum Gasteiger partial charge on any atom is -0.385 e. The van der Waals surface area contributed by atoms with Gasteiger partial charge in [0.1, 0.15) is 18.2 Å². The molecular formula is C22H21ClFN3O3. The molecule has 0 unspecified atom stereocenters. The second-order valence-corrected chi connectivity index (χ2v) is 8.07. The van der Waals surface area contributed by atoms with Crippen LogP contribution in [-0.2, 0) is 16.9 Å². The fourth-order valence-corrected chi connectivity index (χ4v) is 4.03. The summed E-state index contributed by atoms with van der Waals surface area (Å²) in [4.78, 5) is 31.6. The lowest BCUT2D eigenvalue weighted by atomic mass is 9.84. The second-order valence-electron chi connectivity index (χ2n) is 7.63. The summed E-state index contributed by atoms with van der Waals surface area (Å²) in [7, 11) is 0. The van der Waals surface area contributed by atoms with Crippen LogP contribution >= 0.6 is 11.6 Å². The molecule has 2 heterocycles. The van der Waals surface area contributed by atoms with Crippen molar-refractivity contribution in [2.45, 2.75) is 31.9 Å². The van der Waals surface area contributed by atoms with E-state index in [-0.39, 0.29) is 17.8 Å². The zero-order chi connectivity index (χ0) is 21.5. The summed E-state index contributed by atoms with van der Waals surface area (Å²) in [5.41, 5.74) is -0.295. The number of hydrogen-bond acceptors (Lipinski definition) is 4. The molecule has 30 heavy (non-hydrogen) atoms. The van der Waals surface area contributed by atoms with E-state index in [1.807, 2.05) is 0 Å². The predicted octanol–water partition coefficient (Wildman–Crippen LogP) is 3.01. The topological polar surface area (TPSA) is 75.4 Å². The number of piperidine rings is 1. The van der Waals surface area contributed by atoms with Crippen LogP contribution in [0.4, 0.5) is 4.39 Å². The Kier molecular flexibility index (Phi) is 5.34. The molecule has 3 aromatic rings. The fraction of sp³-hybridized carbons (Fsp3) is 0.318. The fourth-order valence-electron chi connectivity index (χ4n) is 3.90. The van der Waals surface area contributed by atoms with E-state index >= 15 is 0 Å². The molecule has 1 saturated heterocycles. The van der Waals surface area contributed by atoms with Crippen LogP contribution in [0.25, 0.3) is 10.9 Å². The summed E-state index contributed by atoms with van der Waals surface area (Å²) < 4.78 is 14.8. The van der Waals surface area contributed by atoms with Gasteiger partial charge in [-0.2, -0.15) is 0 Å². The van der Waals surface area contributed by atoms with E-state index in [2.05, 4.69) is 4.98 Å². The number of nitrogens with zero attached hydrogens (tertiary/aromatic N) is 3. The average Bonchev–Trinajstić information content (AvgIpc) is 2.72. The molecule has 156 valence electrons. The zero-order valence-corrected chi connectivity index (χ0v) is 17.2. The van der Waals surface area contributed by atoms with E-state index in [4.69, 9.17) is 11.6 Å². The number of benzene rings is 2. The minimum absolute atomic E-state index is 0.143. The Morgan fingerprint density at radius 3 is 2.53 bits per heavy atom. The lowest BCUT2D eigenvalue weighted by Crippen LogP contribution is -2.47. The number of fused-ring (bicyclic) bond motifs is 1. The number of amides is 1. The number of hydrogen-bond donors (Lipinski definition) is 1. The van der Waals surface area contributed by atoms with Gasteiger partial charge in [0.2, 0.25) is 5.91 Å². The Balaban J connectivity index is 1.50. The number of carbonyl (C=O) groups is 1. The van der Waals surface area contributed by atoms with Crippen LogP contribution in [0.15, 0.2) is 47.3 Å². The van der Waals surface area contributed by atoms with E-state index in [9.17, 15) is 19.1 Å². The van der Waals surface area contributed by atoms with Crippen molar-refractivity contribution in [2.75, 3.05) is 13.1 Å². The second kappa shape index (κ2) is 7.81. The van der Waals surface area contributed by atoms with Crippen molar-refractivity contribution in [3.63, 3.8) is 0 Å². The molecule has 0 bridgehead atoms. The first-order valence-corrected chi connectivity index (χ1v) is 10.1. The smallest absolute Gasteiger partial charge is 0.261 e. The van der Waals surface area contributed by atoms with Crippen molar-refractivity contribution in [1.29, 1.82) is 0 Å². The first-order valence-electron chi connectivity index (χ1n) is 9.70. The minimum atomic E-state index is -1.02. The van der Waals surface area contributed by atoms with Crippen molar-refractivity contribution >= 4 is 28.4 Å². The standard InChI is InChI=1S/C22H21ClFN3O3/c1-14-25-19-7-6-17(24)12-18(19)21(29)27(14)13-20(28)26-10-8-22(30,9-11-26)15-2-4-16(23)5-3-15/h2-7,12,30H,8-11,13H2,1H3. The molecule has 1 fully saturated rings. The third kappa shape index (κ3) is 3.82. The molecule has 1 aromatic heterocycles. The van der Waals surface area contributed by atoms with Gasteiger partial charge < -0.3 is 10.0 Å². The van der Waals surface area contributed by atoms with Gasteiger partial charge in [0.05, 0.1) is 16.5 Å². The molecule has 4 rings (SSSR count). The molecule has 2 aromatic carbocycles. The molecule has 0 saturated carbocycles. The molecule has 1 aliphatic heterocycles. The predicted molar refractivity (Wildman–Crippen MR) is 112 cm³/mol. The quantitative estimate of drug-likeness (QED) is 0.694. The molecule has 1 N–H and O–H groups in total. The molecule has 6 nitrogen and oxygen atoms in total. The summed E-state index contributed by atoms with van der Waals surface area (Å²) in [5, 5.41) is 11.7. The van der Waals surface area contributed by atoms with Crippen LogP contribution in [0.3, 0.4) is 0 Å². The summed E-state index contributed by atoms with van der Waals surface area (Å²) in [5.74, 6) is -0.376. The molecule has 0 spiro atoms. The monoisotopic (exact) mass is 429 g/mol. The third-order valence-electron chi connectivity index (χ3n) is 5.73. The van der Waals surface area contributed by atoms with Crippen molar-refractivity contribution in [1.82, 2.24) is 14.5 Å². The van der Waals surface area contributed by atoms with Crippen molar-refractivity contribution in [3.8, 4) is 0 Å². The van der Waals surface area contributed by atoms with Gasteiger partial charge in [0.25, 0.3) is 5.56 Å². The Hall–Kier alpha value is -2.77. The first-order chi connectivity index (χ1) is 14.3. The average molecular weight is 430 g/mol. The van der Waals surface area contributed by atoms with Gasteiger partial charge in [-0.25, -0.2) is 9.37 Å². The van der Waals surface area contributed by atoms with Gasteiger partial charge in [-0.1, -0.05) is 23.7 Å². The van der Waals surface area contributed by atoms with Gasteiger partial charge in [-0.05, 0) is 55.7 Å². The Morgan fingerprint density at radius 1 is 1.20 bits per heavy atom. The summed E-state index contributed by atoms with van der Waals surface area (Å²) in [6, 6.07) is 10.9. The Morgan fingerprint density at radius 2 is 1.87 bits per heavy atom. The van der Waals surface area contributed by atoms with Crippen LogP contribution in [0.5, 0.6) is 0 Å². The Labute approximate surface area is 177 Å². The highest BCUT2D eigenvalue weighted by atomic mass is 35.5. The number of aliphatic hydroxyl groups is 1. The van der Waals surface area contributed by atoms with Crippen LogP contribution in [0.1, 0.15) is 24.2 Å². The lowest BCUT2D eigenvalue weighted by molar-refractivity contribution is -0.136. The SMILES string of the molecule is Cc1nc2ccc(F)cc2c(=O)n1CC(=O)N1CCC(O)(c2ccc(Cl)cc2)CC1. The third-order valence-corrected chi connectivity index (χ3v) is 5.98. The normalized spacial score (nSPS) is 16.1. The van der Waals surface area contributed by atoms with E-state index in [0.717, 1.165) is 11.6 Å². The number of rotatable bonds is 3. The van der Waals surface area contributed by atoms with Gasteiger partial charge >= 0.3 is 0 Å². The molecular weight excluding hydrogens is 409 g/mol. The maximum absolute atomic E-state index is 13.6. The number of aryl methyl sites for hydroxylation is 1. The van der Waals surface area contributed by atoms with Gasteiger partial charge in [0.15, 0.2) is 0 Å². The van der Waals surface area contributed by atoms with Crippen molar-refractivity contribution in [3.05, 3.63) is 75.0 Å². The largest absolute Gasteiger partial charge is 0.385 e. The number of likely N-dealkylation sites (tertiary alicyclic amines) is 1. The molecule has 0 aliphatic carbocycles. The van der Waals surface area contributed by atoms with Crippen LogP contribution in [-0.4, -0.2) is 38.6 Å². The summed E-state index contributed by atoms with van der Waals surface area (Å²) in [6.45, 7) is 2.19. The van der Waals surface area contributed by atoms with Crippen molar-refractivity contribution < 1.29 is 14.3 Å². The van der Waals surface area contributed by atoms with E-state index in [1.54, 1.807) is 36.1 Å². The van der Waals surface area contributed by atoms with Gasteiger partial charge in [0, 0.05) is 18.1 Å². The maximum Gasteiger partial charge on any atom is 0.261 e. The van der Waals surface area contributed by atoms with Crippen LogP contribution in [0.2, 0.25) is 5.02 Å². The molecule has 1 amide bonds. The molecule has 0 atom stereocenters. The molecule has 0 radical (unpaired) electrons. The van der Waals surface area contributed by atoms with Crippen molar-refractivity contribution in [2.24, 2.45) is 0 Å². The number of aromatic nitrogens is 2. The first kappa shape index (κ1) is 20.5. The van der Waals surface area contributed by atoms with Gasteiger partial charge in [-0.15, -0.1) is 0 Å². The summed E-state index contributed by atoms with van der Waals surface area (Å²) >= 11 is 5.92. The van der Waals surface area contributed by atoms with Crippen LogP contribution < -0.4 is 5.56 Å². The molecule has 1 aliphatic rings. The van der Waals surface area contributed by atoms with E-state index < -0.39 is 17.0 Å². The lowest BCUT2D eigenvalue weighted by Gasteiger charge is -2.38. The van der Waals surface area contributed by atoms with E-state index in [0.29, 0.717) is 42.3 Å². The van der Waals surface area contributed by atoms with Gasteiger partial charge in [-0.3, -0.25) is 14.2 Å². The molecule has 8 heteroatoms. The Bertz CT molecular complexity index is 1170. The highest BCUT2D eigenvalue weighted by molar-refractivity contribution is 6.30. The van der Waals surface area contributed by atoms with Crippen LogP contribution in [0, 0.1) is 12.7 Å². The zero-order valence-electron chi connectivity index (χ0n) is 16.4.